The zero-order valence-electron chi connectivity index (χ0n) is 11.4. The number of aromatic nitrogens is 2. The maximum atomic E-state index is 6.13. The Bertz CT molecular complexity index is 377. The Labute approximate surface area is 109 Å². The minimum atomic E-state index is 0.572. The molecule has 0 unspecified atom stereocenters. The lowest BCUT2D eigenvalue weighted by atomic mass is 10.1. The van der Waals surface area contributed by atoms with E-state index in [4.69, 9.17) is 11.6 Å². The molecular weight excluding hydrogens is 234 g/mol. The summed E-state index contributed by atoms with van der Waals surface area (Å²) in [7, 11) is 2.06. The first kappa shape index (κ1) is 14.2. The van der Waals surface area contributed by atoms with Crippen molar-refractivity contribution in [2.75, 3.05) is 18.5 Å². The van der Waals surface area contributed by atoms with Gasteiger partial charge in [0.25, 0.3) is 0 Å². The minimum Gasteiger partial charge on any atom is -0.359 e. The molecule has 0 saturated carbocycles. The molecule has 0 fully saturated rings. The molecule has 0 spiro atoms. The lowest BCUT2D eigenvalue weighted by Gasteiger charge is -2.22. The Balaban J connectivity index is 2.91. The Kier molecular flexibility index (Phi) is 5.19. The van der Waals surface area contributed by atoms with Gasteiger partial charge in [0.2, 0.25) is 0 Å². The van der Waals surface area contributed by atoms with Crippen molar-refractivity contribution in [3.8, 4) is 0 Å². The van der Waals surface area contributed by atoms with E-state index in [9.17, 15) is 0 Å². The van der Waals surface area contributed by atoms with Gasteiger partial charge in [-0.1, -0.05) is 32.4 Å². The second kappa shape index (κ2) is 6.20. The number of hydrogen-bond donors (Lipinski definition) is 0. The van der Waals surface area contributed by atoms with Crippen molar-refractivity contribution in [3.63, 3.8) is 0 Å². The van der Waals surface area contributed by atoms with Gasteiger partial charge in [0.05, 0.1) is 0 Å². The van der Waals surface area contributed by atoms with Crippen LogP contribution in [0.1, 0.15) is 38.6 Å². The monoisotopic (exact) mass is 255 g/mol. The summed E-state index contributed by atoms with van der Waals surface area (Å²) in [6, 6.07) is 0. The summed E-state index contributed by atoms with van der Waals surface area (Å²) < 4.78 is 0. The first-order valence-corrected chi connectivity index (χ1v) is 6.57. The molecule has 96 valence electrons. The van der Waals surface area contributed by atoms with Crippen molar-refractivity contribution in [1.82, 2.24) is 9.97 Å². The van der Waals surface area contributed by atoms with E-state index in [1.807, 2.05) is 13.8 Å². The number of aryl methyl sites for hydroxylation is 1. The average molecular weight is 256 g/mol. The molecule has 0 radical (unpaired) electrons. The third-order valence-electron chi connectivity index (χ3n) is 2.83. The highest BCUT2D eigenvalue weighted by Crippen LogP contribution is 2.23. The Morgan fingerprint density at radius 2 is 1.94 bits per heavy atom. The molecule has 0 aliphatic carbocycles. The van der Waals surface area contributed by atoms with E-state index >= 15 is 0 Å². The number of rotatable bonds is 5. The molecule has 17 heavy (non-hydrogen) atoms. The van der Waals surface area contributed by atoms with E-state index in [1.54, 1.807) is 0 Å². The van der Waals surface area contributed by atoms with Crippen LogP contribution < -0.4 is 4.90 Å². The van der Waals surface area contributed by atoms with Gasteiger partial charge < -0.3 is 4.90 Å². The summed E-state index contributed by atoms with van der Waals surface area (Å²) in [5.41, 5.74) is 0.968. The minimum absolute atomic E-state index is 0.572. The van der Waals surface area contributed by atoms with Crippen molar-refractivity contribution in [3.05, 3.63) is 16.5 Å². The van der Waals surface area contributed by atoms with Gasteiger partial charge in [0.15, 0.2) is 0 Å². The molecule has 0 atom stereocenters. The molecule has 0 amide bonds. The second-order valence-electron chi connectivity index (χ2n) is 4.84. The molecule has 1 heterocycles. The zero-order chi connectivity index (χ0) is 13.0. The largest absolute Gasteiger partial charge is 0.359 e. The third kappa shape index (κ3) is 3.84. The zero-order valence-corrected chi connectivity index (χ0v) is 12.2. The molecule has 4 heteroatoms. The van der Waals surface area contributed by atoms with Crippen LogP contribution in [0.3, 0.4) is 0 Å². The van der Waals surface area contributed by atoms with Crippen molar-refractivity contribution in [2.45, 2.75) is 40.5 Å². The maximum Gasteiger partial charge on any atom is 0.137 e. The number of halogens is 1. The molecule has 1 aromatic rings. The van der Waals surface area contributed by atoms with Gasteiger partial charge in [0, 0.05) is 25.6 Å². The van der Waals surface area contributed by atoms with E-state index in [-0.39, 0.29) is 0 Å². The Hall–Kier alpha value is -0.830. The summed E-state index contributed by atoms with van der Waals surface area (Å²) in [5, 5.41) is 0.572. The van der Waals surface area contributed by atoms with E-state index in [2.05, 4.69) is 35.8 Å². The molecule has 1 rings (SSSR count). The van der Waals surface area contributed by atoms with Gasteiger partial charge in [0.1, 0.15) is 16.8 Å². The van der Waals surface area contributed by atoms with Gasteiger partial charge in [-0.25, -0.2) is 9.97 Å². The SMILES string of the molecule is CCc1nc(Cl)c(C)c(N(C)CCC(C)C)n1. The molecular formula is C13H22ClN3. The van der Waals surface area contributed by atoms with Crippen LogP contribution in [0.2, 0.25) is 5.15 Å². The number of hydrogen-bond acceptors (Lipinski definition) is 3. The van der Waals surface area contributed by atoms with Crippen LogP contribution in [0, 0.1) is 12.8 Å². The van der Waals surface area contributed by atoms with Gasteiger partial charge in [-0.2, -0.15) is 0 Å². The smallest absolute Gasteiger partial charge is 0.137 e. The van der Waals surface area contributed by atoms with E-state index < -0.39 is 0 Å². The van der Waals surface area contributed by atoms with Crippen molar-refractivity contribution in [1.29, 1.82) is 0 Å². The predicted molar refractivity (Wildman–Crippen MR) is 73.9 cm³/mol. The first-order chi connectivity index (χ1) is 7.95. The van der Waals surface area contributed by atoms with Crippen LogP contribution >= 0.6 is 11.6 Å². The van der Waals surface area contributed by atoms with Gasteiger partial charge >= 0.3 is 0 Å². The van der Waals surface area contributed by atoms with E-state index in [0.29, 0.717) is 11.1 Å². The summed E-state index contributed by atoms with van der Waals surface area (Å²) in [6.07, 6.45) is 1.96. The fourth-order valence-corrected chi connectivity index (χ4v) is 1.79. The lowest BCUT2D eigenvalue weighted by Crippen LogP contribution is -2.23. The van der Waals surface area contributed by atoms with Crippen LogP contribution in [0.25, 0.3) is 0 Å². The highest BCUT2D eigenvalue weighted by atomic mass is 35.5. The van der Waals surface area contributed by atoms with Crippen molar-refractivity contribution in [2.24, 2.45) is 5.92 Å². The molecule has 0 aromatic carbocycles. The fraction of sp³-hybridized carbons (Fsp3) is 0.692. The summed E-state index contributed by atoms with van der Waals surface area (Å²) in [4.78, 5) is 11.0. The van der Waals surface area contributed by atoms with E-state index in [1.165, 1.54) is 0 Å². The summed E-state index contributed by atoms with van der Waals surface area (Å²) in [6.45, 7) is 9.47. The maximum absolute atomic E-state index is 6.13. The quantitative estimate of drug-likeness (QED) is 0.755. The molecule has 0 aliphatic rings. The van der Waals surface area contributed by atoms with Crippen LogP contribution in [0.4, 0.5) is 5.82 Å². The van der Waals surface area contributed by atoms with Crippen molar-refractivity contribution >= 4 is 17.4 Å². The normalized spacial score (nSPS) is 11.0. The Morgan fingerprint density at radius 1 is 1.29 bits per heavy atom. The average Bonchev–Trinajstić information content (AvgIpc) is 2.29. The molecule has 0 saturated heterocycles. The molecule has 0 bridgehead atoms. The van der Waals surface area contributed by atoms with Crippen LogP contribution in [0.5, 0.6) is 0 Å². The molecule has 3 nitrogen and oxygen atoms in total. The van der Waals surface area contributed by atoms with Crippen LogP contribution in [-0.2, 0) is 6.42 Å². The molecule has 0 N–H and O–H groups in total. The second-order valence-corrected chi connectivity index (χ2v) is 5.19. The van der Waals surface area contributed by atoms with Gasteiger partial charge in [-0.05, 0) is 19.3 Å². The highest BCUT2D eigenvalue weighted by molar-refractivity contribution is 6.30. The number of anilines is 1. The Morgan fingerprint density at radius 3 is 2.47 bits per heavy atom. The van der Waals surface area contributed by atoms with Gasteiger partial charge in [-0.3, -0.25) is 0 Å². The molecule has 1 aromatic heterocycles. The fourth-order valence-electron chi connectivity index (χ4n) is 1.61. The van der Waals surface area contributed by atoms with Crippen molar-refractivity contribution < 1.29 is 0 Å². The predicted octanol–water partition coefficient (Wildman–Crippen LogP) is 3.48. The van der Waals surface area contributed by atoms with Gasteiger partial charge in [-0.15, -0.1) is 0 Å². The standard InChI is InChI=1S/C13H22ClN3/c1-6-11-15-12(14)10(4)13(16-11)17(5)8-7-9(2)3/h9H,6-8H2,1-5H3. The van der Waals surface area contributed by atoms with E-state index in [0.717, 1.165) is 36.6 Å². The number of nitrogens with zero attached hydrogens (tertiary/aromatic N) is 3. The summed E-state index contributed by atoms with van der Waals surface area (Å²) >= 11 is 6.13. The summed E-state index contributed by atoms with van der Waals surface area (Å²) in [5.74, 6) is 2.47. The van der Waals surface area contributed by atoms with Crippen LogP contribution in [-0.4, -0.2) is 23.6 Å². The third-order valence-corrected chi connectivity index (χ3v) is 3.19. The first-order valence-electron chi connectivity index (χ1n) is 6.19. The lowest BCUT2D eigenvalue weighted by molar-refractivity contribution is 0.582. The van der Waals surface area contributed by atoms with Crippen LogP contribution in [0.15, 0.2) is 0 Å². The highest BCUT2D eigenvalue weighted by Gasteiger charge is 2.12. The molecule has 0 aliphatic heterocycles. The topological polar surface area (TPSA) is 29.0 Å².